The molecule has 1 N–H and O–H groups in total. The van der Waals surface area contributed by atoms with Crippen molar-refractivity contribution in [3.8, 4) is 0 Å². The molecular formula is C30H33ClF2NO8PS. The topological polar surface area (TPSA) is 119 Å². The number of benzene rings is 2. The van der Waals surface area contributed by atoms with E-state index in [1.807, 2.05) is 0 Å². The molecule has 3 rings (SSSR count). The zero-order chi connectivity index (χ0) is 33.2. The molecule has 0 aliphatic rings. The lowest BCUT2D eigenvalue weighted by molar-refractivity contribution is -0.187. The van der Waals surface area contributed by atoms with Crippen LogP contribution < -0.4 is 4.90 Å². The molecule has 0 aliphatic heterocycles. The number of ether oxygens (including phenoxy) is 2. The van der Waals surface area contributed by atoms with Crippen LogP contribution in [0.2, 0.25) is 5.02 Å². The Morgan fingerprint density at radius 1 is 1.05 bits per heavy atom. The molecule has 3 atom stereocenters. The molecule has 0 aliphatic carbocycles. The molecule has 14 heteroatoms. The maximum Gasteiger partial charge on any atom is 0.348 e. The van der Waals surface area contributed by atoms with Crippen LogP contribution in [-0.2, 0) is 32.9 Å². The van der Waals surface area contributed by atoms with Crippen LogP contribution in [0, 0.1) is 22.5 Å². The molecule has 0 saturated heterocycles. The van der Waals surface area contributed by atoms with Crippen molar-refractivity contribution in [3.63, 3.8) is 0 Å². The Kier molecular flexibility index (Phi) is 10.8. The van der Waals surface area contributed by atoms with E-state index >= 15 is 0 Å². The highest BCUT2D eigenvalue weighted by Gasteiger charge is 2.46. The van der Waals surface area contributed by atoms with E-state index in [9.17, 15) is 32.6 Å². The van der Waals surface area contributed by atoms with Gasteiger partial charge in [0.05, 0.1) is 16.5 Å². The van der Waals surface area contributed by atoms with Gasteiger partial charge in [0.2, 0.25) is 6.29 Å². The van der Waals surface area contributed by atoms with Crippen LogP contribution in [0.4, 0.5) is 14.5 Å². The fourth-order valence-electron chi connectivity index (χ4n) is 3.74. The van der Waals surface area contributed by atoms with Gasteiger partial charge in [0.25, 0.3) is 5.91 Å². The second-order valence-corrected chi connectivity index (χ2v) is 15.0. The van der Waals surface area contributed by atoms with Crippen LogP contribution in [-0.4, -0.2) is 35.6 Å². The molecule has 3 unspecified atom stereocenters. The molecule has 0 saturated carbocycles. The third-order valence-corrected chi connectivity index (χ3v) is 9.01. The molecule has 1 aromatic heterocycles. The third-order valence-electron chi connectivity index (χ3n) is 6.10. The number of fused-ring (bicyclic) bond motifs is 1. The van der Waals surface area contributed by atoms with Gasteiger partial charge in [0.15, 0.2) is 23.9 Å². The monoisotopic (exact) mass is 671 g/mol. The Hall–Kier alpha value is -3.15. The molecule has 1 heterocycles. The first-order valence-electron chi connectivity index (χ1n) is 13.2. The maximum atomic E-state index is 14.2. The number of carbonyl (C=O) groups is 3. The molecule has 238 valence electrons. The van der Waals surface area contributed by atoms with Gasteiger partial charge in [-0.15, -0.1) is 11.3 Å². The summed E-state index contributed by atoms with van der Waals surface area (Å²) in [4.78, 5) is 51.6. The number of rotatable bonds is 10. The highest BCUT2D eigenvalue weighted by molar-refractivity contribution is 7.54. The van der Waals surface area contributed by atoms with E-state index in [4.69, 9.17) is 25.6 Å². The van der Waals surface area contributed by atoms with Crippen LogP contribution in [0.15, 0.2) is 54.6 Å². The Balaban J connectivity index is 2.14. The van der Waals surface area contributed by atoms with E-state index in [1.165, 1.54) is 32.2 Å². The zero-order valence-electron chi connectivity index (χ0n) is 24.9. The Morgan fingerprint density at radius 3 is 2.25 bits per heavy atom. The second-order valence-electron chi connectivity index (χ2n) is 11.8. The van der Waals surface area contributed by atoms with E-state index < -0.39 is 66.5 Å². The van der Waals surface area contributed by atoms with Crippen molar-refractivity contribution in [1.82, 2.24) is 0 Å². The van der Waals surface area contributed by atoms with Gasteiger partial charge in [-0.05, 0) is 88.2 Å². The Bertz CT molecular complexity index is 1630. The highest BCUT2D eigenvalue weighted by atomic mass is 35.5. The average Bonchev–Trinajstić information content (AvgIpc) is 3.30. The van der Waals surface area contributed by atoms with Crippen LogP contribution in [0.3, 0.4) is 0 Å². The molecule has 0 bridgehead atoms. The smallest absolute Gasteiger partial charge is 0.348 e. The minimum Gasteiger partial charge on any atom is -0.459 e. The van der Waals surface area contributed by atoms with Gasteiger partial charge >= 0.3 is 19.5 Å². The Morgan fingerprint density at radius 2 is 1.68 bits per heavy atom. The lowest BCUT2D eigenvalue weighted by Gasteiger charge is -2.30. The van der Waals surface area contributed by atoms with Crippen molar-refractivity contribution in [1.29, 1.82) is 0 Å². The summed E-state index contributed by atoms with van der Waals surface area (Å²) in [5.41, 5.74) is -4.25. The van der Waals surface area contributed by atoms with Gasteiger partial charge in [-0.1, -0.05) is 18.2 Å². The van der Waals surface area contributed by atoms with Crippen molar-refractivity contribution in [2.75, 3.05) is 11.5 Å². The van der Waals surface area contributed by atoms with Gasteiger partial charge in [-0.2, -0.15) is 0 Å². The van der Waals surface area contributed by atoms with E-state index in [0.29, 0.717) is 10.1 Å². The molecule has 9 nitrogen and oxygen atoms in total. The number of hydrogen-bond donors (Lipinski definition) is 1. The van der Waals surface area contributed by atoms with E-state index in [0.717, 1.165) is 40.6 Å². The number of nitrogens with zero attached hydrogens (tertiary/aromatic N) is 1. The summed E-state index contributed by atoms with van der Waals surface area (Å²) in [5, 5.41) is 2.07. The second kappa shape index (κ2) is 13.5. The summed E-state index contributed by atoms with van der Waals surface area (Å²) in [6, 6.07) is 7.32. The first-order valence-corrected chi connectivity index (χ1v) is 16.1. The summed E-state index contributed by atoms with van der Waals surface area (Å²) in [5.74, 6) is -5.12. The summed E-state index contributed by atoms with van der Waals surface area (Å²) < 4.78 is 58.7. The number of amides is 1. The zero-order valence-corrected chi connectivity index (χ0v) is 27.4. The fourth-order valence-corrected chi connectivity index (χ4v) is 6.51. The van der Waals surface area contributed by atoms with Crippen LogP contribution >= 0.6 is 30.5 Å². The van der Waals surface area contributed by atoms with Gasteiger partial charge in [0, 0.05) is 22.0 Å². The molecule has 0 fully saturated rings. The lowest BCUT2D eigenvalue weighted by atomic mass is 9.97. The first-order chi connectivity index (χ1) is 20.3. The van der Waals surface area contributed by atoms with Crippen molar-refractivity contribution in [3.05, 3.63) is 76.8 Å². The summed E-state index contributed by atoms with van der Waals surface area (Å²) in [6.07, 6.45) is -0.945. The van der Waals surface area contributed by atoms with Crippen molar-refractivity contribution < 1.29 is 46.6 Å². The number of anilines is 1. The summed E-state index contributed by atoms with van der Waals surface area (Å²) in [7, 11) is -5.25. The number of hydrogen-bond acceptors (Lipinski definition) is 8. The standard InChI is InChI=1S/C30H33ClF2NO8PS/c1-8-34(18-10-11-21(32)22(33)14-18)26(35)25(20-16-44-23-12-9-17(31)13-19(20)23)43(38,39)42-24(41-28(37)30(5,6)7)15-40-27(36)29(2,3)4/h8-14,16,24-25H,1,15H2,2-7H3,(H,38,39). The first kappa shape index (κ1) is 35.3. The quantitative estimate of drug-likeness (QED) is 0.132. The maximum absolute atomic E-state index is 14.2. The molecule has 2 aromatic carbocycles. The van der Waals surface area contributed by atoms with Crippen molar-refractivity contribution in [2.24, 2.45) is 10.8 Å². The van der Waals surface area contributed by atoms with Crippen LogP contribution in [0.5, 0.6) is 0 Å². The van der Waals surface area contributed by atoms with E-state index in [1.54, 1.807) is 32.9 Å². The predicted molar refractivity (Wildman–Crippen MR) is 164 cm³/mol. The Labute approximate surface area is 262 Å². The van der Waals surface area contributed by atoms with Crippen molar-refractivity contribution in [2.45, 2.75) is 53.5 Å². The van der Waals surface area contributed by atoms with Gasteiger partial charge < -0.3 is 14.4 Å². The molecule has 1 amide bonds. The number of halogens is 3. The predicted octanol–water partition coefficient (Wildman–Crippen LogP) is 7.76. The van der Waals surface area contributed by atoms with Gasteiger partial charge in [-0.25, -0.2) is 8.78 Å². The number of thiophene rings is 1. The van der Waals surface area contributed by atoms with Crippen LogP contribution in [0.25, 0.3) is 10.1 Å². The summed E-state index contributed by atoms with van der Waals surface area (Å²) in [6.45, 7) is 12.1. The van der Waals surface area contributed by atoms with Crippen molar-refractivity contribution >= 4 is 64.2 Å². The molecule has 0 spiro atoms. The number of esters is 2. The molecule has 44 heavy (non-hydrogen) atoms. The van der Waals surface area contributed by atoms with Gasteiger partial charge in [0.1, 0.15) is 0 Å². The SMILES string of the molecule is C=CN(C(=O)C(c1csc2ccc(Cl)cc12)P(=O)(O)OC(COC(=O)C(C)(C)C)OC(=O)C(C)(C)C)c1ccc(F)c(F)c1. The van der Waals surface area contributed by atoms with Crippen LogP contribution in [0.1, 0.15) is 52.8 Å². The van der Waals surface area contributed by atoms with Gasteiger partial charge in [-0.3, -0.25) is 28.4 Å². The largest absolute Gasteiger partial charge is 0.459 e. The van der Waals surface area contributed by atoms with E-state index in [2.05, 4.69) is 6.58 Å². The minimum absolute atomic E-state index is 0.0188. The molecular weight excluding hydrogens is 639 g/mol. The normalized spacial score (nSPS) is 14.8. The number of carbonyl (C=O) groups excluding carboxylic acids is 3. The minimum atomic E-state index is -5.25. The molecule has 0 radical (unpaired) electrons. The lowest BCUT2D eigenvalue weighted by Crippen LogP contribution is -2.36. The van der Waals surface area contributed by atoms with E-state index in [-0.39, 0.29) is 16.3 Å². The third kappa shape index (κ3) is 8.31. The fraction of sp³-hybridized carbons (Fsp3) is 0.367. The highest BCUT2D eigenvalue weighted by Crippen LogP contribution is 2.60. The average molecular weight is 672 g/mol. The summed E-state index contributed by atoms with van der Waals surface area (Å²) >= 11 is 7.35. The molecule has 3 aromatic rings.